The van der Waals surface area contributed by atoms with Crippen molar-refractivity contribution in [2.75, 3.05) is 19.7 Å². The lowest BCUT2D eigenvalue weighted by Gasteiger charge is -2.31. The molecular weight excluding hydrogens is 419 g/mol. The van der Waals surface area contributed by atoms with Crippen LogP contribution in [0.5, 0.6) is 5.75 Å². The van der Waals surface area contributed by atoms with Crippen LogP contribution in [0.15, 0.2) is 48.5 Å². The van der Waals surface area contributed by atoms with Crippen LogP contribution >= 0.6 is 0 Å². The lowest BCUT2D eigenvalue weighted by atomic mass is 9.97. The average Bonchev–Trinajstić information content (AvgIpc) is 2.75. The minimum absolute atomic E-state index is 0.0915. The van der Waals surface area contributed by atoms with Crippen LogP contribution < -0.4 is 10.1 Å². The number of halogens is 1. The molecule has 0 unspecified atom stereocenters. The Bertz CT molecular complexity index is 987. The van der Waals surface area contributed by atoms with Crippen molar-refractivity contribution in [1.82, 2.24) is 9.62 Å². The van der Waals surface area contributed by atoms with Crippen molar-refractivity contribution in [3.05, 3.63) is 65.5 Å². The molecule has 1 amide bonds. The smallest absolute Gasteiger partial charge is 0.223 e. The Kier molecular flexibility index (Phi) is 7.67. The number of carbonyl (C=O) groups excluding carboxylic acids is 1. The van der Waals surface area contributed by atoms with E-state index in [1.54, 1.807) is 6.07 Å². The molecule has 0 aromatic heterocycles. The SMILES string of the molecule is Cc1ccc(OC[C@@H](C)NC(=O)C2CCN(S(=O)(=O)Cc3ccccc3F)CC2)cc1. The Morgan fingerprint density at radius 2 is 1.81 bits per heavy atom. The summed E-state index contributed by atoms with van der Waals surface area (Å²) in [5, 5.41) is 2.95. The quantitative estimate of drug-likeness (QED) is 0.673. The van der Waals surface area contributed by atoms with E-state index in [-0.39, 0.29) is 42.3 Å². The van der Waals surface area contributed by atoms with E-state index in [9.17, 15) is 17.6 Å². The minimum Gasteiger partial charge on any atom is -0.491 e. The van der Waals surface area contributed by atoms with Gasteiger partial charge in [-0.3, -0.25) is 4.79 Å². The molecule has 6 nitrogen and oxygen atoms in total. The third-order valence-corrected chi connectivity index (χ3v) is 7.25. The molecule has 0 aliphatic carbocycles. The number of nitrogens with zero attached hydrogens (tertiary/aromatic N) is 1. The monoisotopic (exact) mass is 448 g/mol. The molecule has 1 aliphatic heterocycles. The molecule has 31 heavy (non-hydrogen) atoms. The van der Waals surface area contributed by atoms with Gasteiger partial charge in [-0.15, -0.1) is 0 Å². The predicted molar refractivity (Wildman–Crippen MR) is 118 cm³/mol. The standard InChI is InChI=1S/C23H29FN2O4S/c1-17-7-9-21(10-8-17)30-15-18(2)25-23(27)19-11-13-26(14-12-19)31(28,29)16-20-5-3-4-6-22(20)24/h3-10,18-19H,11-16H2,1-2H3,(H,25,27)/t18-/m1/s1. The van der Waals surface area contributed by atoms with Crippen molar-refractivity contribution in [2.24, 2.45) is 5.92 Å². The highest BCUT2D eigenvalue weighted by molar-refractivity contribution is 7.88. The number of hydrogen-bond acceptors (Lipinski definition) is 4. The zero-order chi connectivity index (χ0) is 22.4. The van der Waals surface area contributed by atoms with Gasteiger partial charge in [0.2, 0.25) is 15.9 Å². The number of piperidine rings is 1. The van der Waals surface area contributed by atoms with Crippen molar-refractivity contribution in [3.63, 3.8) is 0 Å². The summed E-state index contributed by atoms with van der Waals surface area (Å²) in [5.74, 6) is -0.487. The second-order valence-electron chi connectivity index (χ2n) is 8.05. The first-order chi connectivity index (χ1) is 14.7. The van der Waals surface area contributed by atoms with Gasteiger partial charge in [-0.25, -0.2) is 17.1 Å². The van der Waals surface area contributed by atoms with Crippen LogP contribution in [0.25, 0.3) is 0 Å². The lowest BCUT2D eigenvalue weighted by molar-refractivity contribution is -0.126. The van der Waals surface area contributed by atoms with Gasteiger partial charge in [0.1, 0.15) is 18.2 Å². The molecule has 0 spiro atoms. The van der Waals surface area contributed by atoms with E-state index in [1.165, 1.54) is 22.5 Å². The third kappa shape index (κ3) is 6.51. The molecule has 1 N–H and O–H groups in total. The van der Waals surface area contributed by atoms with E-state index in [2.05, 4.69) is 5.32 Å². The van der Waals surface area contributed by atoms with E-state index in [4.69, 9.17) is 4.74 Å². The Morgan fingerprint density at radius 1 is 1.16 bits per heavy atom. The molecule has 1 heterocycles. The average molecular weight is 449 g/mol. The van der Waals surface area contributed by atoms with Gasteiger partial charge >= 0.3 is 0 Å². The third-order valence-electron chi connectivity index (χ3n) is 5.42. The van der Waals surface area contributed by atoms with Gasteiger partial charge in [0.25, 0.3) is 0 Å². The first-order valence-corrected chi connectivity index (χ1v) is 12.1. The van der Waals surface area contributed by atoms with Gasteiger partial charge in [0.15, 0.2) is 0 Å². The van der Waals surface area contributed by atoms with Crippen LogP contribution in [0.3, 0.4) is 0 Å². The molecular formula is C23H29FN2O4S. The number of nitrogens with one attached hydrogen (secondary N) is 1. The molecule has 1 saturated heterocycles. The van der Waals surface area contributed by atoms with Gasteiger partial charge in [0.05, 0.1) is 11.8 Å². The molecule has 2 aromatic carbocycles. The molecule has 0 saturated carbocycles. The summed E-state index contributed by atoms with van der Waals surface area (Å²) in [6.45, 7) is 4.74. The number of rotatable bonds is 8. The van der Waals surface area contributed by atoms with Crippen molar-refractivity contribution >= 4 is 15.9 Å². The highest BCUT2D eigenvalue weighted by Gasteiger charge is 2.32. The molecule has 0 radical (unpaired) electrons. The zero-order valence-electron chi connectivity index (χ0n) is 17.9. The number of amides is 1. The predicted octanol–water partition coefficient (Wildman–Crippen LogP) is 3.26. The van der Waals surface area contributed by atoms with E-state index < -0.39 is 15.8 Å². The summed E-state index contributed by atoms with van der Waals surface area (Å²) in [6.07, 6.45) is 0.877. The normalized spacial score (nSPS) is 16.6. The van der Waals surface area contributed by atoms with Gasteiger partial charge in [0, 0.05) is 24.6 Å². The Balaban J connectivity index is 1.45. The molecule has 3 rings (SSSR count). The van der Waals surface area contributed by atoms with E-state index in [0.717, 1.165) is 11.3 Å². The van der Waals surface area contributed by atoms with Crippen LogP contribution in [-0.2, 0) is 20.6 Å². The second kappa shape index (κ2) is 10.2. The molecule has 8 heteroatoms. The Labute approximate surface area is 183 Å². The van der Waals surface area contributed by atoms with E-state index in [1.807, 2.05) is 38.1 Å². The van der Waals surface area contributed by atoms with E-state index in [0.29, 0.717) is 19.4 Å². The lowest BCUT2D eigenvalue weighted by Crippen LogP contribution is -2.46. The fourth-order valence-electron chi connectivity index (χ4n) is 3.56. The second-order valence-corrected chi connectivity index (χ2v) is 10.0. The van der Waals surface area contributed by atoms with Crippen LogP contribution in [-0.4, -0.2) is 44.4 Å². The van der Waals surface area contributed by atoms with Crippen LogP contribution in [0.2, 0.25) is 0 Å². The molecule has 1 atom stereocenters. The van der Waals surface area contributed by atoms with Crippen LogP contribution in [0, 0.1) is 18.7 Å². The minimum atomic E-state index is -3.63. The van der Waals surface area contributed by atoms with Gasteiger partial charge in [-0.05, 0) is 44.9 Å². The molecule has 1 aliphatic rings. The summed E-state index contributed by atoms with van der Waals surface area (Å²) in [7, 11) is -3.63. The topological polar surface area (TPSA) is 75.7 Å². The van der Waals surface area contributed by atoms with Gasteiger partial charge in [-0.2, -0.15) is 0 Å². The first kappa shape index (κ1) is 23.2. The number of carbonyl (C=O) groups is 1. The number of sulfonamides is 1. The van der Waals surface area contributed by atoms with Gasteiger partial charge < -0.3 is 10.1 Å². The number of hydrogen-bond donors (Lipinski definition) is 1. The molecule has 0 bridgehead atoms. The van der Waals surface area contributed by atoms with Crippen molar-refractivity contribution < 1.29 is 22.3 Å². The maximum Gasteiger partial charge on any atom is 0.223 e. The van der Waals surface area contributed by atoms with E-state index >= 15 is 0 Å². The summed E-state index contributed by atoms with van der Waals surface area (Å²) < 4.78 is 46.2. The maximum atomic E-state index is 13.8. The fraction of sp³-hybridized carbons (Fsp3) is 0.435. The van der Waals surface area contributed by atoms with Gasteiger partial charge in [-0.1, -0.05) is 35.9 Å². The first-order valence-electron chi connectivity index (χ1n) is 10.5. The fourth-order valence-corrected chi connectivity index (χ4v) is 5.13. The van der Waals surface area contributed by atoms with Crippen molar-refractivity contribution in [3.8, 4) is 5.75 Å². The Morgan fingerprint density at radius 3 is 2.45 bits per heavy atom. The molecule has 168 valence electrons. The molecule has 1 fully saturated rings. The number of ether oxygens (including phenoxy) is 1. The maximum absolute atomic E-state index is 13.8. The largest absolute Gasteiger partial charge is 0.491 e. The van der Waals surface area contributed by atoms with Crippen LogP contribution in [0.4, 0.5) is 4.39 Å². The summed E-state index contributed by atoms with van der Waals surface area (Å²) in [5.41, 5.74) is 1.31. The number of benzene rings is 2. The van der Waals surface area contributed by atoms with Crippen LogP contribution in [0.1, 0.15) is 30.9 Å². The zero-order valence-corrected chi connectivity index (χ0v) is 18.7. The molecule has 2 aromatic rings. The highest BCUT2D eigenvalue weighted by atomic mass is 32.2. The van der Waals surface area contributed by atoms with Crippen molar-refractivity contribution in [1.29, 1.82) is 0 Å². The summed E-state index contributed by atoms with van der Waals surface area (Å²) >= 11 is 0. The summed E-state index contributed by atoms with van der Waals surface area (Å²) in [6, 6.07) is 13.4. The summed E-state index contributed by atoms with van der Waals surface area (Å²) in [4.78, 5) is 12.6. The van der Waals surface area contributed by atoms with Crippen molar-refractivity contribution in [2.45, 2.75) is 38.5 Å². The Hall–Kier alpha value is -2.45. The highest BCUT2D eigenvalue weighted by Crippen LogP contribution is 2.23. The number of aryl methyl sites for hydroxylation is 1.